The molecular weight excluding hydrogens is 216 g/mol. The number of nitrogens with two attached hydrogens (primary N) is 1. The molecule has 3 N–H and O–H groups in total. The zero-order valence-corrected chi connectivity index (χ0v) is 11.5. The van der Waals surface area contributed by atoms with Crippen LogP contribution in [-0.2, 0) is 4.74 Å². The van der Waals surface area contributed by atoms with E-state index in [4.69, 9.17) is 10.5 Å². The Bertz CT molecular complexity index is 213. The van der Waals surface area contributed by atoms with Crippen molar-refractivity contribution in [1.82, 2.24) is 4.90 Å². The molecule has 1 heterocycles. The van der Waals surface area contributed by atoms with Crippen LogP contribution < -0.4 is 5.73 Å². The molecule has 1 saturated heterocycles. The molecule has 0 amide bonds. The van der Waals surface area contributed by atoms with Crippen LogP contribution in [0.15, 0.2) is 0 Å². The van der Waals surface area contributed by atoms with Gasteiger partial charge in [0.25, 0.3) is 0 Å². The fraction of sp³-hybridized carbons (Fsp3) is 1.00. The molecule has 2 atom stereocenters. The van der Waals surface area contributed by atoms with Gasteiger partial charge in [-0.15, -0.1) is 0 Å². The highest BCUT2D eigenvalue weighted by atomic mass is 16.5. The molecular formula is C13H28N2O2. The van der Waals surface area contributed by atoms with Crippen molar-refractivity contribution in [2.75, 3.05) is 26.2 Å². The van der Waals surface area contributed by atoms with Crippen LogP contribution in [0.3, 0.4) is 0 Å². The van der Waals surface area contributed by atoms with Gasteiger partial charge in [0.1, 0.15) is 0 Å². The highest BCUT2D eigenvalue weighted by Crippen LogP contribution is 2.20. The molecule has 1 rings (SSSR count). The second-order valence-corrected chi connectivity index (χ2v) is 5.44. The summed E-state index contributed by atoms with van der Waals surface area (Å²) in [5, 5.41) is 9.98. The summed E-state index contributed by atoms with van der Waals surface area (Å²) >= 11 is 0. The van der Waals surface area contributed by atoms with Crippen LogP contribution in [0, 0.1) is 0 Å². The smallest absolute Gasteiger partial charge is 0.0756 e. The van der Waals surface area contributed by atoms with Gasteiger partial charge in [-0.25, -0.2) is 0 Å². The van der Waals surface area contributed by atoms with Gasteiger partial charge < -0.3 is 20.5 Å². The summed E-state index contributed by atoms with van der Waals surface area (Å²) in [4.78, 5) is 2.43. The number of likely N-dealkylation sites (tertiary alicyclic amines) is 1. The lowest BCUT2D eigenvalue weighted by molar-refractivity contribution is -0.0128. The van der Waals surface area contributed by atoms with Gasteiger partial charge in [0, 0.05) is 32.3 Å². The summed E-state index contributed by atoms with van der Waals surface area (Å²) in [6.07, 6.45) is 3.37. The van der Waals surface area contributed by atoms with Gasteiger partial charge in [0.2, 0.25) is 0 Å². The Kier molecular flexibility index (Phi) is 5.86. The van der Waals surface area contributed by atoms with Crippen molar-refractivity contribution in [3.63, 3.8) is 0 Å². The number of hydrogen-bond donors (Lipinski definition) is 2. The van der Waals surface area contributed by atoms with Gasteiger partial charge in [-0.05, 0) is 40.0 Å². The molecule has 0 spiro atoms. The number of piperidine rings is 1. The number of nitrogens with zero attached hydrogens (tertiary/aromatic N) is 1. The molecule has 0 aromatic heterocycles. The molecule has 0 radical (unpaired) electrons. The van der Waals surface area contributed by atoms with Crippen molar-refractivity contribution < 1.29 is 9.84 Å². The lowest BCUT2D eigenvalue weighted by Crippen LogP contribution is -2.47. The largest absolute Gasteiger partial charge is 0.389 e. The summed E-state index contributed by atoms with van der Waals surface area (Å²) in [5.41, 5.74) is 4.82. The first-order valence-corrected chi connectivity index (χ1v) is 6.76. The summed E-state index contributed by atoms with van der Waals surface area (Å²) in [6, 6.07) is 0.385. The van der Waals surface area contributed by atoms with Crippen LogP contribution in [0.2, 0.25) is 0 Å². The molecule has 0 aliphatic carbocycles. The molecule has 4 heteroatoms. The van der Waals surface area contributed by atoms with Crippen molar-refractivity contribution in [1.29, 1.82) is 0 Å². The summed E-state index contributed by atoms with van der Waals surface area (Å²) in [6.45, 7) is 9.29. The van der Waals surface area contributed by atoms with Gasteiger partial charge in [-0.3, -0.25) is 0 Å². The third-order valence-electron chi connectivity index (χ3n) is 3.68. The fourth-order valence-corrected chi connectivity index (χ4v) is 2.57. The molecule has 1 aliphatic rings. The minimum atomic E-state index is -0.740. The van der Waals surface area contributed by atoms with E-state index in [1.165, 1.54) is 0 Å². The van der Waals surface area contributed by atoms with E-state index in [-0.39, 0.29) is 0 Å². The fourth-order valence-electron chi connectivity index (χ4n) is 2.57. The third kappa shape index (κ3) is 4.92. The normalized spacial score (nSPS) is 24.5. The third-order valence-corrected chi connectivity index (χ3v) is 3.68. The molecule has 1 aliphatic heterocycles. The first-order chi connectivity index (χ1) is 7.98. The van der Waals surface area contributed by atoms with Crippen molar-refractivity contribution >= 4 is 0 Å². The summed E-state index contributed by atoms with van der Waals surface area (Å²) in [5.74, 6) is 0. The predicted octanol–water partition coefficient (Wildman–Crippen LogP) is 0.976. The summed E-state index contributed by atoms with van der Waals surface area (Å²) in [7, 11) is 0. The van der Waals surface area contributed by atoms with Crippen LogP contribution in [0.1, 0.15) is 40.0 Å². The Morgan fingerprint density at radius 3 is 2.53 bits per heavy atom. The van der Waals surface area contributed by atoms with E-state index in [1.54, 1.807) is 0 Å². The molecule has 102 valence electrons. The van der Waals surface area contributed by atoms with Crippen LogP contribution >= 0.6 is 0 Å². The van der Waals surface area contributed by atoms with Gasteiger partial charge in [0.05, 0.1) is 11.7 Å². The van der Waals surface area contributed by atoms with E-state index in [2.05, 4.69) is 11.8 Å². The van der Waals surface area contributed by atoms with Gasteiger partial charge in [-0.1, -0.05) is 0 Å². The molecule has 4 nitrogen and oxygen atoms in total. The number of ether oxygens (including phenoxy) is 1. The lowest BCUT2D eigenvalue weighted by atomic mass is 9.95. The highest BCUT2D eigenvalue weighted by molar-refractivity contribution is 4.83. The van der Waals surface area contributed by atoms with E-state index < -0.39 is 5.60 Å². The van der Waals surface area contributed by atoms with Crippen molar-refractivity contribution in [2.24, 2.45) is 5.73 Å². The van der Waals surface area contributed by atoms with E-state index in [0.29, 0.717) is 18.7 Å². The predicted molar refractivity (Wildman–Crippen MR) is 70.0 cm³/mol. The van der Waals surface area contributed by atoms with Crippen LogP contribution in [0.25, 0.3) is 0 Å². The monoisotopic (exact) mass is 244 g/mol. The maximum atomic E-state index is 9.98. The van der Waals surface area contributed by atoms with E-state index in [1.807, 2.05) is 13.8 Å². The Morgan fingerprint density at radius 2 is 2.06 bits per heavy atom. The highest BCUT2D eigenvalue weighted by Gasteiger charge is 2.28. The topological polar surface area (TPSA) is 58.7 Å². The van der Waals surface area contributed by atoms with Crippen LogP contribution in [0.4, 0.5) is 0 Å². The number of aliphatic hydroxyl groups is 1. The lowest BCUT2D eigenvalue weighted by Gasteiger charge is -2.38. The van der Waals surface area contributed by atoms with E-state index >= 15 is 0 Å². The minimum Gasteiger partial charge on any atom is -0.389 e. The molecule has 2 unspecified atom stereocenters. The number of hydrogen-bond acceptors (Lipinski definition) is 4. The van der Waals surface area contributed by atoms with Crippen molar-refractivity contribution in [3.8, 4) is 0 Å². The Hall–Kier alpha value is -0.160. The van der Waals surface area contributed by atoms with Crippen molar-refractivity contribution in [3.05, 3.63) is 0 Å². The average Bonchev–Trinajstić information content (AvgIpc) is 2.30. The van der Waals surface area contributed by atoms with Gasteiger partial charge >= 0.3 is 0 Å². The van der Waals surface area contributed by atoms with Gasteiger partial charge in [-0.2, -0.15) is 0 Å². The first-order valence-electron chi connectivity index (χ1n) is 6.76. The Labute approximate surface area is 105 Å². The maximum Gasteiger partial charge on any atom is 0.0756 e. The summed E-state index contributed by atoms with van der Waals surface area (Å²) < 4.78 is 5.64. The van der Waals surface area contributed by atoms with Crippen LogP contribution in [0.5, 0.6) is 0 Å². The van der Waals surface area contributed by atoms with E-state index in [0.717, 1.165) is 39.0 Å². The molecule has 0 saturated carbocycles. The second kappa shape index (κ2) is 6.69. The molecule has 0 aromatic carbocycles. The van der Waals surface area contributed by atoms with Crippen molar-refractivity contribution in [2.45, 2.75) is 57.8 Å². The Balaban J connectivity index is 2.33. The zero-order chi connectivity index (χ0) is 12.9. The molecule has 0 bridgehead atoms. The Morgan fingerprint density at radius 1 is 1.47 bits per heavy atom. The molecule has 17 heavy (non-hydrogen) atoms. The average molecular weight is 244 g/mol. The van der Waals surface area contributed by atoms with Crippen LogP contribution in [-0.4, -0.2) is 54.0 Å². The standard InChI is InChI=1S/C13H28N2O2/c1-4-17-12-5-7-15(8-6-12)11(2)9-13(3,16)10-14/h11-12,16H,4-10,14H2,1-3H3. The zero-order valence-electron chi connectivity index (χ0n) is 11.5. The molecule has 0 aromatic rings. The van der Waals surface area contributed by atoms with E-state index in [9.17, 15) is 5.11 Å². The quantitative estimate of drug-likeness (QED) is 0.731. The number of rotatable bonds is 6. The minimum absolute atomic E-state index is 0.326. The maximum absolute atomic E-state index is 9.98. The first kappa shape index (κ1) is 14.9. The molecule has 1 fully saturated rings. The second-order valence-electron chi connectivity index (χ2n) is 5.44. The SMILES string of the molecule is CCOC1CCN(C(C)CC(C)(O)CN)CC1. The van der Waals surface area contributed by atoms with Gasteiger partial charge in [0.15, 0.2) is 0 Å².